The maximum absolute atomic E-state index is 11.9. The minimum Gasteiger partial charge on any atom is -0.306 e. The molecule has 0 radical (unpaired) electrons. The molecule has 6 nitrogen and oxygen atoms in total. The Morgan fingerprint density at radius 2 is 1.95 bits per heavy atom. The average molecular weight is 272 g/mol. The summed E-state index contributed by atoms with van der Waals surface area (Å²) < 4.78 is 0. The SMILES string of the molecule is O=C(On1ccc(-c2ccccn2)n1)N1CCCCC1. The lowest BCUT2D eigenvalue weighted by Gasteiger charge is -2.25. The summed E-state index contributed by atoms with van der Waals surface area (Å²) in [6, 6.07) is 7.36. The third-order valence-electron chi connectivity index (χ3n) is 3.28. The molecule has 0 aromatic carbocycles. The number of carbonyl (C=O) groups is 1. The molecule has 104 valence electrons. The van der Waals surface area contributed by atoms with Gasteiger partial charge in [0.1, 0.15) is 5.69 Å². The summed E-state index contributed by atoms with van der Waals surface area (Å²) in [5.74, 6) is 0. The van der Waals surface area contributed by atoms with Crippen molar-refractivity contribution in [3.63, 3.8) is 0 Å². The molecule has 0 saturated carbocycles. The number of amides is 1. The Balaban J connectivity index is 1.66. The van der Waals surface area contributed by atoms with Gasteiger partial charge in [0.05, 0.1) is 11.9 Å². The lowest BCUT2D eigenvalue weighted by molar-refractivity contribution is 0.0733. The molecule has 0 spiro atoms. The van der Waals surface area contributed by atoms with Crippen LogP contribution in [0.25, 0.3) is 11.4 Å². The molecule has 0 bridgehead atoms. The zero-order valence-electron chi connectivity index (χ0n) is 11.1. The van der Waals surface area contributed by atoms with Gasteiger partial charge in [-0.3, -0.25) is 9.82 Å². The fourth-order valence-corrected chi connectivity index (χ4v) is 2.22. The van der Waals surface area contributed by atoms with E-state index in [9.17, 15) is 4.79 Å². The summed E-state index contributed by atoms with van der Waals surface area (Å²) in [6.45, 7) is 1.51. The maximum atomic E-state index is 11.9. The molecule has 6 heteroatoms. The number of aromatic nitrogens is 3. The van der Waals surface area contributed by atoms with Crippen molar-refractivity contribution in [2.75, 3.05) is 13.1 Å². The molecule has 1 saturated heterocycles. The van der Waals surface area contributed by atoms with E-state index in [1.165, 1.54) is 11.3 Å². The zero-order chi connectivity index (χ0) is 13.8. The molecule has 0 N–H and O–H groups in total. The zero-order valence-corrected chi connectivity index (χ0v) is 11.1. The molecule has 0 unspecified atom stereocenters. The molecule has 2 aromatic rings. The van der Waals surface area contributed by atoms with E-state index in [1.54, 1.807) is 23.4 Å². The predicted molar refractivity (Wildman–Crippen MR) is 72.9 cm³/mol. The third-order valence-corrected chi connectivity index (χ3v) is 3.28. The van der Waals surface area contributed by atoms with Crippen molar-refractivity contribution < 1.29 is 9.63 Å². The Morgan fingerprint density at radius 1 is 1.10 bits per heavy atom. The molecular formula is C14H16N4O2. The third kappa shape index (κ3) is 2.79. The van der Waals surface area contributed by atoms with Crippen LogP contribution in [-0.4, -0.2) is 39.0 Å². The van der Waals surface area contributed by atoms with Gasteiger partial charge in [-0.15, -0.1) is 5.10 Å². The van der Waals surface area contributed by atoms with Gasteiger partial charge in [-0.25, -0.2) is 4.79 Å². The number of nitrogens with zero attached hydrogens (tertiary/aromatic N) is 4. The summed E-state index contributed by atoms with van der Waals surface area (Å²) >= 11 is 0. The summed E-state index contributed by atoms with van der Waals surface area (Å²) in [5.41, 5.74) is 1.43. The molecular weight excluding hydrogens is 256 g/mol. The standard InChI is InChI=1S/C14H16N4O2/c19-14(17-9-4-1-5-10-17)20-18-11-7-13(16-18)12-6-2-3-8-15-12/h2-3,6-8,11H,1,4-5,9-10H2. The minimum atomic E-state index is -0.347. The average Bonchev–Trinajstić information content (AvgIpc) is 2.97. The number of likely N-dealkylation sites (tertiary alicyclic amines) is 1. The van der Waals surface area contributed by atoms with Crippen molar-refractivity contribution in [1.82, 2.24) is 19.8 Å². The number of pyridine rings is 1. The van der Waals surface area contributed by atoms with Crippen molar-refractivity contribution in [2.45, 2.75) is 19.3 Å². The van der Waals surface area contributed by atoms with Crippen molar-refractivity contribution in [1.29, 1.82) is 0 Å². The van der Waals surface area contributed by atoms with Crippen LogP contribution in [0.2, 0.25) is 0 Å². The number of carbonyl (C=O) groups excluding carboxylic acids is 1. The Labute approximate surface area is 116 Å². The van der Waals surface area contributed by atoms with E-state index >= 15 is 0 Å². The Morgan fingerprint density at radius 3 is 2.70 bits per heavy atom. The highest BCUT2D eigenvalue weighted by atomic mass is 16.7. The molecule has 3 rings (SSSR count). The van der Waals surface area contributed by atoms with E-state index in [1.807, 2.05) is 18.2 Å². The summed E-state index contributed by atoms with van der Waals surface area (Å²) in [6.07, 6.45) is 6.22. The van der Waals surface area contributed by atoms with Crippen LogP contribution >= 0.6 is 0 Å². The van der Waals surface area contributed by atoms with Gasteiger partial charge < -0.3 is 4.90 Å². The van der Waals surface area contributed by atoms with Crippen LogP contribution in [0, 0.1) is 0 Å². The fourth-order valence-electron chi connectivity index (χ4n) is 2.22. The van der Waals surface area contributed by atoms with Crippen LogP contribution in [0.3, 0.4) is 0 Å². The lowest BCUT2D eigenvalue weighted by Crippen LogP contribution is -2.40. The van der Waals surface area contributed by atoms with Gasteiger partial charge in [0.15, 0.2) is 0 Å². The first-order valence-electron chi connectivity index (χ1n) is 6.77. The second kappa shape index (κ2) is 5.73. The highest BCUT2D eigenvalue weighted by molar-refractivity contribution is 5.68. The van der Waals surface area contributed by atoms with Crippen molar-refractivity contribution in [3.05, 3.63) is 36.7 Å². The van der Waals surface area contributed by atoms with Crippen LogP contribution in [-0.2, 0) is 0 Å². The Hall–Kier alpha value is -2.37. The van der Waals surface area contributed by atoms with E-state index in [0.717, 1.165) is 31.6 Å². The van der Waals surface area contributed by atoms with Gasteiger partial charge in [-0.05, 0) is 37.5 Å². The second-order valence-corrected chi connectivity index (χ2v) is 4.72. The lowest BCUT2D eigenvalue weighted by atomic mass is 10.1. The molecule has 0 atom stereocenters. The summed E-state index contributed by atoms with van der Waals surface area (Å²) in [5, 5.41) is 4.20. The van der Waals surface area contributed by atoms with Crippen molar-refractivity contribution in [2.24, 2.45) is 0 Å². The number of hydrogen-bond donors (Lipinski definition) is 0. The first-order valence-corrected chi connectivity index (χ1v) is 6.77. The molecule has 0 aliphatic carbocycles. The molecule has 1 amide bonds. The quantitative estimate of drug-likeness (QED) is 0.838. The minimum absolute atomic E-state index is 0.347. The predicted octanol–water partition coefficient (Wildman–Crippen LogP) is 1.98. The first kappa shape index (κ1) is 12.7. The Bertz CT molecular complexity index is 576. The fraction of sp³-hybridized carbons (Fsp3) is 0.357. The van der Waals surface area contributed by atoms with E-state index in [4.69, 9.17) is 4.84 Å². The monoisotopic (exact) mass is 272 g/mol. The number of hydrogen-bond acceptors (Lipinski definition) is 4. The molecule has 3 heterocycles. The smallest absolute Gasteiger partial charge is 0.306 e. The highest BCUT2D eigenvalue weighted by Gasteiger charge is 2.19. The highest BCUT2D eigenvalue weighted by Crippen LogP contribution is 2.13. The van der Waals surface area contributed by atoms with Crippen molar-refractivity contribution in [3.8, 4) is 11.4 Å². The van der Waals surface area contributed by atoms with E-state index in [0.29, 0.717) is 5.69 Å². The van der Waals surface area contributed by atoms with Crippen LogP contribution in [0.5, 0.6) is 0 Å². The van der Waals surface area contributed by atoms with Gasteiger partial charge >= 0.3 is 6.09 Å². The maximum Gasteiger partial charge on any atom is 0.435 e. The van der Waals surface area contributed by atoms with Crippen LogP contribution in [0.4, 0.5) is 4.79 Å². The summed E-state index contributed by atoms with van der Waals surface area (Å²) in [7, 11) is 0. The largest absolute Gasteiger partial charge is 0.435 e. The van der Waals surface area contributed by atoms with Crippen LogP contribution in [0.1, 0.15) is 19.3 Å². The van der Waals surface area contributed by atoms with Gasteiger partial charge in [0, 0.05) is 19.3 Å². The molecule has 1 aliphatic heterocycles. The molecule has 1 fully saturated rings. The number of piperidine rings is 1. The van der Waals surface area contributed by atoms with Crippen LogP contribution in [0.15, 0.2) is 36.7 Å². The van der Waals surface area contributed by atoms with Gasteiger partial charge in [0.2, 0.25) is 0 Å². The van der Waals surface area contributed by atoms with Gasteiger partial charge in [-0.1, -0.05) is 10.9 Å². The van der Waals surface area contributed by atoms with Crippen LogP contribution < -0.4 is 4.84 Å². The van der Waals surface area contributed by atoms with Crippen molar-refractivity contribution >= 4 is 6.09 Å². The summed E-state index contributed by atoms with van der Waals surface area (Å²) in [4.78, 5) is 24.3. The number of rotatable bonds is 2. The van der Waals surface area contributed by atoms with Gasteiger partial charge in [-0.2, -0.15) is 0 Å². The van der Waals surface area contributed by atoms with Gasteiger partial charge in [0.25, 0.3) is 0 Å². The molecule has 1 aliphatic rings. The first-order chi connectivity index (χ1) is 9.83. The molecule has 20 heavy (non-hydrogen) atoms. The van der Waals surface area contributed by atoms with E-state index in [-0.39, 0.29) is 6.09 Å². The van der Waals surface area contributed by atoms with E-state index < -0.39 is 0 Å². The Kier molecular flexibility index (Phi) is 3.62. The topological polar surface area (TPSA) is 60.3 Å². The normalized spacial score (nSPS) is 15.1. The second-order valence-electron chi connectivity index (χ2n) is 4.72. The van der Waals surface area contributed by atoms with E-state index in [2.05, 4.69) is 10.1 Å². The molecule has 2 aromatic heterocycles.